The summed E-state index contributed by atoms with van der Waals surface area (Å²) in [4.78, 5) is 23.7. The first-order valence-corrected chi connectivity index (χ1v) is 8.63. The molecular weight excluding hydrogens is 367 g/mol. The third-order valence-corrected chi connectivity index (χ3v) is 4.30. The molecule has 26 heavy (non-hydrogen) atoms. The van der Waals surface area contributed by atoms with Crippen LogP contribution in [0.15, 0.2) is 47.4 Å². The van der Waals surface area contributed by atoms with E-state index >= 15 is 0 Å². The number of carbonyl (C=O) groups excluding carboxylic acids is 2. The number of esters is 1. The van der Waals surface area contributed by atoms with Crippen molar-refractivity contribution in [3.05, 3.63) is 65.5 Å². The molecule has 0 aromatic heterocycles. The summed E-state index contributed by atoms with van der Waals surface area (Å²) in [6.45, 7) is 1.55. The van der Waals surface area contributed by atoms with E-state index in [0.29, 0.717) is 5.56 Å². The summed E-state index contributed by atoms with van der Waals surface area (Å²) in [6, 6.07) is 8.51. The van der Waals surface area contributed by atoms with Gasteiger partial charge in [-0.2, -0.15) is 0 Å². The van der Waals surface area contributed by atoms with Crippen molar-refractivity contribution in [2.75, 3.05) is 5.75 Å². The first-order chi connectivity index (χ1) is 12.3. The van der Waals surface area contributed by atoms with E-state index in [0.717, 1.165) is 30.0 Å². The van der Waals surface area contributed by atoms with Crippen LogP contribution < -0.4 is 5.32 Å². The highest BCUT2D eigenvalue weighted by Gasteiger charge is 2.18. The molecular formula is C18H16F3NO3S. The number of rotatable bonds is 7. The van der Waals surface area contributed by atoms with Crippen LogP contribution in [0, 0.1) is 17.5 Å². The van der Waals surface area contributed by atoms with E-state index in [-0.39, 0.29) is 23.0 Å². The zero-order valence-corrected chi connectivity index (χ0v) is 14.6. The number of hydrogen-bond acceptors (Lipinski definition) is 4. The normalized spacial score (nSPS) is 11.7. The molecule has 0 fully saturated rings. The fourth-order valence-electron chi connectivity index (χ4n) is 1.94. The van der Waals surface area contributed by atoms with Gasteiger partial charge >= 0.3 is 5.97 Å². The standard InChI is InChI=1S/C18H16F3NO3S/c1-11(18(24)22-9-12-2-4-13(19)5-3-12)25-17(23)10-26-16-8-14(20)6-7-15(16)21/h2-8,11H,9-10H2,1H3,(H,22,24)/t11-/m1/s1. The molecule has 0 radical (unpaired) electrons. The van der Waals surface area contributed by atoms with Gasteiger partial charge in [0.1, 0.15) is 17.5 Å². The van der Waals surface area contributed by atoms with Gasteiger partial charge in [-0.15, -0.1) is 11.8 Å². The molecule has 0 aliphatic carbocycles. The van der Waals surface area contributed by atoms with Crippen LogP contribution in [0.25, 0.3) is 0 Å². The monoisotopic (exact) mass is 383 g/mol. The lowest BCUT2D eigenvalue weighted by Gasteiger charge is -2.13. The third-order valence-electron chi connectivity index (χ3n) is 3.30. The van der Waals surface area contributed by atoms with Gasteiger partial charge in [0, 0.05) is 11.4 Å². The van der Waals surface area contributed by atoms with Crippen molar-refractivity contribution >= 4 is 23.6 Å². The van der Waals surface area contributed by atoms with Crippen molar-refractivity contribution in [2.24, 2.45) is 0 Å². The van der Waals surface area contributed by atoms with Crippen molar-refractivity contribution in [1.82, 2.24) is 5.32 Å². The maximum absolute atomic E-state index is 13.5. The number of benzene rings is 2. The SMILES string of the molecule is C[C@@H](OC(=O)CSc1cc(F)ccc1F)C(=O)NCc1ccc(F)cc1. The predicted octanol–water partition coefficient (Wildman–Crippen LogP) is 3.44. The smallest absolute Gasteiger partial charge is 0.317 e. The summed E-state index contributed by atoms with van der Waals surface area (Å²) in [6.07, 6.45) is -1.05. The van der Waals surface area contributed by atoms with Gasteiger partial charge < -0.3 is 10.1 Å². The van der Waals surface area contributed by atoms with E-state index in [4.69, 9.17) is 4.74 Å². The van der Waals surface area contributed by atoms with Crippen LogP contribution >= 0.6 is 11.8 Å². The van der Waals surface area contributed by atoms with Crippen molar-refractivity contribution in [3.8, 4) is 0 Å². The Balaban J connectivity index is 1.77. The Labute approximate surface area is 152 Å². The van der Waals surface area contributed by atoms with Crippen LogP contribution in [0.1, 0.15) is 12.5 Å². The molecule has 2 aromatic rings. The van der Waals surface area contributed by atoms with Gasteiger partial charge in [0.25, 0.3) is 5.91 Å². The number of amides is 1. The van der Waals surface area contributed by atoms with Gasteiger partial charge in [0.2, 0.25) is 0 Å². The molecule has 0 heterocycles. The fourth-order valence-corrected chi connectivity index (χ4v) is 2.69. The summed E-state index contributed by atoms with van der Waals surface area (Å²) in [5.41, 5.74) is 0.690. The van der Waals surface area contributed by atoms with Gasteiger partial charge in [-0.3, -0.25) is 9.59 Å². The van der Waals surface area contributed by atoms with Crippen LogP contribution in [0.4, 0.5) is 13.2 Å². The molecule has 4 nitrogen and oxygen atoms in total. The largest absolute Gasteiger partial charge is 0.452 e. The van der Waals surface area contributed by atoms with E-state index in [1.807, 2.05) is 0 Å². The third kappa shape index (κ3) is 6.11. The molecule has 0 unspecified atom stereocenters. The highest BCUT2D eigenvalue weighted by atomic mass is 32.2. The predicted molar refractivity (Wildman–Crippen MR) is 90.9 cm³/mol. The number of carbonyl (C=O) groups is 2. The Morgan fingerprint density at radius 3 is 2.42 bits per heavy atom. The molecule has 0 aliphatic rings. The average Bonchev–Trinajstić information content (AvgIpc) is 2.61. The lowest BCUT2D eigenvalue weighted by atomic mass is 10.2. The van der Waals surface area contributed by atoms with Crippen LogP contribution in [-0.2, 0) is 20.9 Å². The lowest BCUT2D eigenvalue weighted by Crippen LogP contribution is -2.35. The minimum absolute atomic E-state index is 0.0182. The zero-order chi connectivity index (χ0) is 19.1. The molecule has 0 bridgehead atoms. The molecule has 0 saturated carbocycles. The van der Waals surface area contributed by atoms with Crippen LogP contribution in [-0.4, -0.2) is 23.7 Å². The first kappa shape index (κ1) is 19.8. The topological polar surface area (TPSA) is 55.4 Å². The minimum Gasteiger partial charge on any atom is -0.452 e. The number of ether oxygens (including phenoxy) is 1. The fraction of sp³-hybridized carbons (Fsp3) is 0.222. The van der Waals surface area contributed by atoms with Crippen molar-refractivity contribution in [3.63, 3.8) is 0 Å². The summed E-state index contributed by atoms with van der Waals surface area (Å²) in [5.74, 6) is -3.16. The molecule has 2 aromatic carbocycles. The quantitative estimate of drug-likeness (QED) is 0.588. The number of nitrogens with one attached hydrogen (secondary N) is 1. The molecule has 1 amide bonds. The number of halogens is 3. The lowest BCUT2D eigenvalue weighted by molar-refractivity contribution is -0.152. The minimum atomic E-state index is -1.05. The Kier molecular flexibility index (Phi) is 7.08. The van der Waals surface area contributed by atoms with Crippen LogP contribution in [0.5, 0.6) is 0 Å². The maximum atomic E-state index is 13.5. The number of hydrogen-bond donors (Lipinski definition) is 1. The molecule has 2 rings (SSSR count). The van der Waals surface area contributed by atoms with Gasteiger partial charge in [-0.1, -0.05) is 12.1 Å². The first-order valence-electron chi connectivity index (χ1n) is 7.64. The van der Waals surface area contributed by atoms with Crippen LogP contribution in [0.2, 0.25) is 0 Å². The van der Waals surface area contributed by atoms with E-state index in [1.54, 1.807) is 0 Å². The summed E-state index contributed by atoms with van der Waals surface area (Å²) < 4.78 is 44.3. The van der Waals surface area contributed by atoms with Crippen molar-refractivity contribution in [2.45, 2.75) is 24.5 Å². The second-order valence-electron chi connectivity index (χ2n) is 5.34. The van der Waals surface area contributed by atoms with Crippen molar-refractivity contribution in [1.29, 1.82) is 0 Å². The van der Waals surface area contributed by atoms with Gasteiger partial charge in [0.05, 0.1) is 5.75 Å². The average molecular weight is 383 g/mol. The van der Waals surface area contributed by atoms with E-state index in [1.165, 1.54) is 31.2 Å². The van der Waals surface area contributed by atoms with Gasteiger partial charge in [-0.05, 0) is 42.8 Å². The maximum Gasteiger partial charge on any atom is 0.317 e. The molecule has 1 atom stereocenters. The summed E-state index contributed by atoms with van der Waals surface area (Å²) >= 11 is 0.778. The molecule has 138 valence electrons. The van der Waals surface area contributed by atoms with Gasteiger partial charge in [0.15, 0.2) is 6.10 Å². The molecule has 0 saturated heterocycles. The van der Waals surface area contributed by atoms with Crippen LogP contribution in [0.3, 0.4) is 0 Å². The zero-order valence-electron chi connectivity index (χ0n) is 13.8. The highest BCUT2D eigenvalue weighted by molar-refractivity contribution is 8.00. The molecule has 0 spiro atoms. The Morgan fingerprint density at radius 1 is 1.08 bits per heavy atom. The second kappa shape index (κ2) is 9.28. The van der Waals surface area contributed by atoms with Crippen molar-refractivity contribution < 1.29 is 27.5 Å². The number of thioether (sulfide) groups is 1. The molecule has 0 aliphatic heterocycles. The molecule has 8 heteroatoms. The highest BCUT2D eigenvalue weighted by Crippen LogP contribution is 2.22. The second-order valence-corrected chi connectivity index (χ2v) is 6.36. The summed E-state index contributed by atoms with van der Waals surface area (Å²) in [7, 11) is 0. The Bertz CT molecular complexity index is 784. The molecule has 1 N–H and O–H groups in total. The van der Waals surface area contributed by atoms with E-state index in [9.17, 15) is 22.8 Å². The van der Waals surface area contributed by atoms with E-state index in [2.05, 4.69) is 5.32 Å². The Morgan fingerprint density at radius 2 is 1.73 bits per heavy atom. The summed E-state index contributed by atoms with van der Waals surface area (Å²) in [5, 5.41) is 2.56. The van der Waals surface area contributed by atoms with Gasteiger partial charge in [-0.25, -0.2) is 13.2 Å². The Hall–Kier alpha value is -2.48. The van der Waals surface area contributed by atoms with E-state index < -0.39 is 29.6 Å².